The lowest BCUT2D eigenvalue weighted by atomic mass is 9.95. The van der Waals surface area contributed by atoms with Gasteiger partial charge in [-0.2, -0.15) is 0 Å². The Morgan fingerprint density at radius 3 is 2.12 bits per heavy atom. The molecule has 1 aliphatic carbocycles. The van der Waals surface area contributed by atoms with Crippen LogP contribution in [0.4, 0.5) is 5.69 Å². The molecule has 0 spiro atoms. The normalized spacial score (nSPS) is 15.8. The van der Waals surface area contributed by atoms with Crippen molar-refractivity contribution in [3.05, 3.63) is 60.2 Å². The van der Waals surface area contributed by atoms with Crippen LogP contribution in [0.1, 0.15) is 32.3 Å². The number of amides is 1. The highest BCUT2D eigenvalue weighted by Crippen LogP contribution is 2.48. The standard InChI is InChI=1S/C19H22N2O3S/c1-14(2)21-25(23,24)17-10-8-16(9-11-17)20-18(22)19(12-13-19)15-6-4-3-5-7-15/h3-11,14,21H,12-13H2,1-2H3,(H,20,22). The van der Waals surface area contributed by atoms with E-state index in [1.54, 1.807) is 26.0 Å². The zero-order chi connectivity index (χ0) is 18.1. The molecule has 132 valence electrons. The van der Waals surface area contributed by atoms with Crippen LogP contribution in [0.3, 0.4) is 0 Å². The summed E-state index contributed by atoms with van der Waals surface area (Å²) in [4.78, 5) is 12.9. The lowest BCUT2D eigenvalue weighted by Gasteiger charge is -2.16. The van der Waals surface area contributed by atoms with E-state index in [-0.39, 0.29) is 16.8 Å². The largest absolute Gasteiger partial charge is 0.325 e. The number of hydrogen-bond donors (Lipinski definition) is 2. The quantitative estimate of drug-likeness (QED) is 0.833. The zero-order valence-corrected chi connectivity index (χ0v) is 15.1. The molecular formula is C19H22N2O3S. The Kier molecular flexibility index (Phi) is 4.67. The molecule has 5 nitrogen and oxygen atoms in total. The molecule has 2 N–H and O–H groups in total. The van der Waals surface area contributed by atoms with Gasteiger partial charge in [0.15, 0.2) is 0 Å². The molecule has 2 aromatic rings. The molecule has 0 unspecified atom stereocenters. The van der Waals surface area contributed by atoms with E-state index in [0.29, 0.717) is 5.69 Å². The maximum absolute atomic E-state index is 12.7. The van der Waals surface area contributed by atoms with Crippen molar-refractivity contribution >= 4 is 21.6 Å². The van der Waals surface area contributed by atoms with Crippen molar-refractivity contribution in [3.63, 3.8) is 0 Å². The molecular weight excluding hydrogens is 336 g/mol. The van der Waals surface area contributed by atoms with Crippen LogP contribution in [0.2, 0.25) is 0 Å². The average Bonchev–Trinajstić information content (AvgIpc) is 3.37. The summed E-state index contributed by atoms with van der Waals surface area (Å²) in [6.07, 6.45) is 1.65. The van der Waals surface area contributed by atoms with E-state index >= 15 is 0 Å². The SMILES string of the molecule is CC(C)NS(=O)(=O)c1ccc(NC(=O)C2(c3ccccc3)CC2)cc1. The Labute approximate surface area is 148 Å². The van der Waals surface area contributed by atoms with Gasteiger partial charge in [-0.1, -0.05) is 30.3 Å². The van der Waals surface area contributed by atoms with E-state index < -0.39 is 15.4 Å². The number of hydrogen-bond acceptors (Lipinski definition) is 3. The highest BCUT2D eigenvalue weighted by Gasteiger charge is 2.51. The van der Waals surface area contributed by atoms with Gasteiger partial charge in [0.2, 0.25) is 15.9 Å². The number of benzene rings is 2. The molecule has 0 aromatic heterocycles. The highest BCUT2D eigenvalue weighted by atomic mass is 32.2. The van der Waals surface area contributed by atoms with E-state index in [1.807, 2.05) is 30.3 Å². The van der Waals surface area contributed by atoms with Gasteiger partial charge in [-0.25, -0.2) is 13.1 Å². The maximum Gasteiger partial charge on any atom is 0.240 e. The zero-order valence-electron chi connectivity index (χ0n) is 14.3. The predicted octanol–water partition coefficient (Wildman–Crippen LogP) is 3.04. The first-order chi connectivity index (χ1) is 11.8. The number of anilines is 1. The second-order valence-electron chi connectivity index (χ2n) is 6.70. The first-order valence-electron chi connectivity index (χ1n) is 8.33. The van der Waals surface area contributed by atoms with Crippen LogP contribution in [0.5, 0.6) is 0 Å². The number of carbonyl (C=O) groups excluding carboxylic acids is 1. The molecule has 2 aromatic carbocycles. The third-order valence-corrected chi connectivity index (χ3v) is 6.00. The number of carbonyl (C=O) groups is 1. The fourth-order valence-electron chi connectivity index (χ4n) is 2.88. The molecule has 0 bridgehead atoms. The summed E-state index contributed by atoms with van der Waals surface area (Å²) < 4.78 is 26.8. The van der Waals surface area contributed by atoms with E-state index in [0.717, 1.165) is 18.4 Å². The van der Waals surface area contributed by atoms with Crippen LogP contribution in [0.15, 0.2) is 59.5 Å². The van der Waals surface area contributed by atoms with Crippen molar-refractivity contribution in [1.82, 2.24) is 4.72 Å². The lowest BCUT2D eigenvalue weighted by Crippen LogP contribution is -2.30. The average molecular weight is 358 g/mol. The van der Waals surface area contributed by atoms with E-state index in [1.165, 1.54) is 12.1 Å². The fourth-order valence-corrected chi connectivity index (χ4v) is 4.13. The first kappa shape index (κ1) is 17.6. The summed E-state index contributed by atoms with van der Waals surface area (Å²) in [5.74, 6) is -0.0467. The molecule has 0 radical (unpaired) electrons. The second kappa shape index (κ2) is 6.61. The van der Waals surface area contributed by atoms with Gasteiger partial charge in [-0.05, 0) is 56.5 Å². The van der Waals surface area contributed by atoms with Gasteiger partial charge >= 0.3 is 0 Å². The minimum Gasteiger partial charge on any atom is -0.325 e. The van der Waals surface area contributed by atoms with Gasteiger partial charge in [-0.15, -0.1) is 0 Å². The Balaban J connectivity index is 1.73. The summed E-state index contributed by atoms with van der Waals surface area (Å²) in [6, 6.07) is 15.8. The second-order valence-corrected chi connectivity index (χ2v) is 8.42. The predicted molar refractivity (Wildman–Crippen MR) is 97.9 cm³/mol. The van der Waals surface area contributed by atoms with Crippen LogP contribution in [0.25, 0.3) is 0 Å². The van der Waals surface area contributed by atoms with E-state index in [4.69, 9.17) is 0 Å². The van der Waals surface area contributed by atoms with Crippen molar-refractivity contribution < 1.29 is 13.2 Å². The van der Waals surface area contributed by atoms with Crippen molar-refractivity contribution in [3.8, 4) is 0 Å². The van der Waals surface area contributed by atoms with Crippen LogP contribution < -0.4 is 10.0 Å². The molecule has 1 saturated carbocycles. The summed E-state index contributed by atoms with van der Waals surface area (Å²) in [5.41, 5.74) is 1.16. The Morgan fingerprint density at radius 2 is 1.60 bits per heavy atom. The minimum absolute atomic E-state index is 0.0467. The Hall–Kier alpha value is -2.18. The topological polar surface area (TPSA) is 75.3 Å². The van der Waals surface area contributed by atoms with Gasteiger partial charge in [0, 0.05) is 11.7 Å². The summed E-state index contributed by atoms with van der Waals surface area (Å²) in [6.45, 7) is 3.54. The number of sulfonamides is 1. The molecule has 1 fully saturated rings. The number of nitrogens with one attached hydrogen (secondary N) is 2. The summed E-state index contributed by atoms with van der Waals surface area (Å²) in [5, 5.41) is 2.91. The third kappa shape index (κ3) is 3.75. The summed E-state index contributed by atoms with van der Waals surface area (Å²) >= 11 is 0. The van der Waals surface area contributed by atoms with Crippen LogP contribution in [-0.2, 0) is 20.2 Å². The van der Waals surface area contributed by atoms with Crippen LogP contribution >= 0.6 is 0 Å². The van der Waals surface area contributed by atoms with Crippen molar-refractivity contribution in [2.75, 3.05) is 5.32 Å². The molecule has 25 heavy (non-hydrogen) atoms. The Morgan fingerprint density at radius 1 is 1.00 bits per heavy atom. The van der Waals surface area contributed by atoms with Crippen molar-refractivity contribution in [2.24, 2.45) is 0 Å². The van der Waals surface area contributed by atoms with Gasteiger partial charge in [0.25, 0.3) is 0 Å². The molecule has 0 saturated heterocycles. The highest BCUT2D eigenvalue weighted by molar-refractivity contribution is 7.89. The molecule has 1 aliphatic rings. The molecule has 0 heterocycles. The van der Waals surface area contributed by atoms with E-state index in [2.05, 4.69) is 10.0 Å². The molecule has 0 atom stereocenters. The summed E-state index contributed by atoms with van der Waals surface area (Å²) in [7, 11) is -3.53. The smallest absolute Gasteiger partial charge is 0.240 e. The lowest BCUT2D eigenvalue weighted by molar-refractivity contribution is -0.118. The molecule has 1 amide bonds. The first-order valence-corrected chi connectivity index (χ1v) is 9.81. The van der Waals surface area contributed by atoms with E-state index in [9.17, 15) is 13.2 Å². The van der Waals surface area contributed by atoms with Gasteiger partial charge in [0.1, 0.15) is 0 Å². The van der Waals surface area contributed by atoms with Crippen LogP contribution in [-0.4, -0.2) is 20.4 Å². The number of rotatable bonds is 6. The molecule has 6 heteroatoms. The van der Waals surface area contributed by atoms with Crippen molar-refractivity contribution in [2.45, 2.75) is 43.0 Å². The van der Waals surface area contributed by atoms with Gasteiger partial charge < -0.3 is 5.32 Å². The maximum atomic E-state index is 12.7. The molecule has 0 aliphatic heterocycles. The Bertz CT molecular complexity index is 855. The minimum atomic E-state index is -3.53. The van der Waals surface area contributed by atoms with Crippen LogP contribution in [0, 0.1) is 0 Å². The third-order valence-electron chi connectivity index (χ3n) is 4.32. The van der Waals surface area contributed by atoms with Crippen molar-refractivity contribution in [1.29, 1.82) is 0 Å². The monoisotopic (exact) mass is 358 g/mol. The molecule has 3 rings (SSSR count). The fraction of sp³-hybridized carbons (Fsp3) is 0.316. The van der Waals surface area contributed by atoms with Gasteiger partial charge in [0.05, 0.1) is 10.3 Å². The van der Waals surface area contributed by atoms with Gasteiger partial charge in [-0.3, -0.25) is 4.79 Å².